The van der Waals surface area contributed by atoms with E-state index in [1.165, 1.54) is 0 Å². The molecule has 0 spiro atoms. The molecular weight excluding hydrogens is 601 g/mol. The van der Waals surface area contributed by atoms with E-state index in [9.17, 15) is 0 Å². The molecule has 5 heteroatoms. The van der Waals surface area contributed by atoms with E-state index in [0.29, 0.717) is 0 Å². The molecule has 49 heavy (non-hydrogen) atoms. The van der Waals surface area contributed by atoms with Crippen LogP contribution in [0.15, 0.2) is 174 Å². The van der Waals surface area contributed by atoms with Gasteiger partial charge >= 0.3 is 0 Å². The highest BCUT2D eigenvalue weighted by molar-refractivity contribution is 6.11. The number of nitrogens with zero attached hydrogens (tertiary/aromatic N) is 4. The summed E-state index contributed by atoms with van der Waals surface area (Å²) in [6.45, 7) is 0. The molecule has 0 aliphatic carbocycles. The van der Waals surface area contributed by atoms with Crippen LogP contribution >= 0.6 is 0 Å². The molecule has 10 aromatic rings. The van der Waals surface area contributed by atoms with Crippen molar-refractivity contribution >= 4 is 72.1 Å². The second-order valence-electron chi connectivity index (χ2n) is 12.3. The van der Waals surface area contributed by atoms with Crippen LogP contribution in [0.25, 0.3) is 71.9 Å². The summed E-state index contributed by atoms with van der Waals surface area (Å²) in [4.78, 5) is 12.5. The van der Waals surface area contributed by atoms with Crippen molar-refractivity contribution in [1.29, 1.82) is 0 Å². The molecule has 0 saturated heterocycles. The Labute approximate surface area is 281 Å². The smallest absolute Gasteiger partial charge is 0.165 e. The largest absolute Gasteiger partial charge is 0.454 e. The van der Waals surface area contributed by atoms with Crippen LogP contribution in [0.5, 0.6) is 0 Å². The van der Waals surface area contributed by atoms with Crippen molar-refractivity contribution in [2.24, 2.45) is 0 Å². The average molecular weight is 629 g/mol. The van der Waals surface area contributed by atoms with Crippen LogP contribution in [0.2, 0.25) is 0 Å². The number of para-hydroxylation sites is 6. The first-order chi connectivity index (χ1) is 24.3. The van der Waals surface area contributed by atoms with Crippen molar-refractivity contribution in [2.75, 3.05) is 4.90 Å². The molecule has 0 saturated carbocycles. The van der Waals surface area contributed by atoms with Gasteiger partial charge in [0.05, 0.1) is 22.2 Å². The van der Waals surface area contributed by atoms with Crippen LogP contribution in [0.1, 0.15) is 0 Å². The third kappa shape index (κ3) is 4.40. The second kappa shape index (κ2) is 10.9. The Balaban J connectivity index is 1.12. The average Bonchev–Trinajstić information content (AvgIpc) is 3.71. The Kier molecular flexibility index (Phi) is 6.11. The van der Waals surface area contributed by atoms with Crippen molar-refractivity contribution in [3.63, 3.8) is 0 Å². The molecule has 0 aliphatic heterocycles. The minimum absolute atomic E-state index is 0.852. The van der Waals surface area contributed by atoms with Crippen molar-refractivity contribution in [3.8, 4) is 16.8 Å². The predicted octanol–water partition coefficient (Wildman–Crippen LogP) is 11.8. The fourth-order valence-corrected chi connectivity index (χ4v) is 7.10. The number of aromatic nitrogens is 3. The second-order valence-corrected chi connectivity index (χ2v) is 12.3. The van der Waals surface area contributed by atoms with E-state index in [1.807, 2.05) is 48.5 Å². The van der Waals surface area contributed by atoms with Gasteiger partial charge in [0.25, 0.3) is 0 Å². The molecule has 0 N–H and O–H groups in total. The Morgan fingerprint density at radius 1 is 0.490 bits per heavy atom. The Hall–Kier alpha value is -6.72. The Morgan fingerprint density at radius 2 is 1.14 bits per heavy atom. The first-order valence-corrected chi connectivity index (χ1v) is 16.4. The molecule has 7 aromatic carbocycles. The molecule has 0 aliphatic rings. The van der Waals surface area contributed by atoms with Crippen LogP contribution in [0.4, 0.5) is 17.1 Å². The van der Waals surface area contributed by atoms with E-state index in [0.717, 1.165) is 88.9 Å². The minimum atomic E-state index is 0.852. The third-order valence-electron chi connectivity index (χ3n) is 9.37. The lowest BCUT2D eigenvalue weighted by molar-refractivity contribution is 0.669. The lowest BCUT2D eigenvalue weighted by Crippen LogP contribution is -2.10. The summed E-state index contributed by atoms with van der Waals surface area (Å²) >= 11 is 0. The monoisotopic (exact) mass is 628 g/mol. The zero-order chi connectivity index (χ0) is 32.3. The quantitative estimate of drug-likeness (QED) is 0.190. The number of rotatable bonds is 5. The van der Waals surface area contributed by atoms with Crippen LogP contribution < -0.4 is 4.90 Å². The summed E-state index contributed by atoms with van der Waals surface area (Å²) in [5.74, 6) is 0. The normalized spacial score (nSPS) is 11.7. The fraction of sp³-hybridized carbons (Fsp3) is 0. The minimum Gasteiger partial charge on any atom is -0.454 e. The van der Waals surface area contributed by atoms with E-state index >= 15 is 0 Å². The van der Waals surface area contributed by atoms with Crippen LogP contribution in [0, 0.1) is 0 Å². The maximum atomic E-state index is 6.48. The number of benzene rings is 7. The van der Waals surface area contributed by atoms with Gasteiger partial charge in [0.15, 0.2) is 11.2 Å². The SMILES string of the molecule is c1ccc(N(c2ccc(-c3ccc4c(c3)c3nc5ccccc5nc3n4-c3ccccc3)cc2)c2cccc3c2oc2ccccc23)cc1. The zero-order valence-electron chi connectivity index (χ0n) is 26.4. The summed E-state index contributed by atoms with van der Waals surface area (Å²) < 4.78 is 8.70. The van der Waals surface area contributed by atoms with E-state index in [4.69, 9.17) is 14.4 Å². The molecule has 0 amide bonds. The molecule has 230 valence electrons. The Morgan fingerprint density at radius 3 is 1.96 bits per heavy atom. The highest BCUT2D eigenvalue weighted by Gasteiger charge is 2.20. The summed E-state index contributed by atoms with van der Waals surface area (Å²) in [5, 5.41) is 3.29. The zero-order valence-corrected chi connectivity index (χ0v) is 26.4. The van der Waals surface area contributed by atoms with E-state index in [-0.39, 0.29) is 0 Å². The maximum Gasteiger partial charge on any atom is 0.165 e. The number of furan rings is 1. The fourth-order valence-electron chi connectivity index (χ4n) is 7.10. The molecule has 0 unspecified atom stereocenters. The molecule has 3 aromatic heterocycles. The highest BCUT2D eigenvalue weighted by Crippen LogP contribution is 2.42. The first kappa shape index (κ1) is 27.4. The van der Waals surface area contributed by atoms with E-state index in [2.05, 4.69) is 131 Å². The topological polar surface area (TPSA) is 47.1 Å². The van der Waals surface area contributed by atoms with Gasteiger partial charge in [-0.25, -0.2) is 9.97 Å². The molecule has 5 nitrogen and oxygen atoms in total. The molecule has 0 radical (unpaired) electrons. The summed E-state index contributed by atoms with van der Waals surface area (Å²) in [6.07, 6.45) is 0. The summed E-state index contributed by atoms with van der Waals surface area (Å²) in [5.41, 5.74) is 12.7. The van der Waals surface area contributed by atoms with E-state index in [1.54, 1.807) is 0 Å². The van der Waals surface area contributed by atoms with Gasteiger partial charge in [0.1, 0.15) is 11.1 Å². The van der Waals surface area contributed by atoms with Gasteiger partial charge in [-0.2, -0.15) is 0 Å². The molecule has 0 fully saturated rings. The first-order valence-electron chi connectivity index (χ1n) is 16.4. The maximum absolute atomic E-state index is 6.48. The van der Waals surface area contributed by atoms with Crippen LogP contribution in [-0.4, -0.2) is 14.5 Å². The van der Waals surface area contributed by atoms with Gasteiger partial charge in [-0.3, -0.25) is 4.57 Å². The van der Waals surface area contributed by atoms with Crippen molar-refractivity contribution in [3.05, 3.63) is 170 Å². The standard InChI is InChI=1S/C44H28N4O/c1-3-12-31(13-4-1)47(40-20-11-17-35-34-16-7-10-21-41(34)49-43(35)40)33-25-22-29(23-26-33)30-24-27-39-36(28-30)42-44(48(39)32-14-5-2-6-15-32)46-38-19-9-8-18-37(38)45-42/h1-28H. The van der Waals surface area contributed by atoms with Gasteiger partial charge in [-0.15, -0.1) is 0 Å². The highest BCUT2D eigenvalue weighted by atomic mass is 16.3. The van der Waals surface area contributed by atoms with Crippen molar-refractivity contribution in [1.82, 2.24) is 14.5 Å². The molecule has 0 bridgehead atoms. The number of hydrogen-bond acceptors (Lipinski definition) is 4. The number of fused-ring (bicyclic) bond motifs is 7. The third-order valence-corrected chi connectivity index (χ3v) is 9.37. The number of hydrogen-bond donors (Lipinski definition) is 0. The Bertz CT molecular complexity index is 2820. The predicted molar refractivity (Wildman–Crippen MR) is 201 cm³/mol. The number of anilines is 3. The van der Waals surface area contributed by atoms with Gasteiger partial charge in [0.2, 0.25) is 0 Å². The molecule has 0 atom stereocenters. The van der Waals surface area contributed by atoms with Crippen LogP contribution in [-0.2, 0) is 0 Å². The summed E-state index contributed by atoms with van der Waals surface area (Å²) in [7, 11) is 0. The van der Waals surface area contributed by atoms with E-state index < -0.39 is 0 Å². The molecule has 10 rings (SSSR count). The van der Waals surface area contributed by atoms with Crippen LogP contribution in [0.3, 0.4) is 0 Å². The molecular formula is C44H28N4O. The lowest BCUT2D eigenvalue weighted by atomic mass is 10.0. The lowest BCUT2D eigenvalue weighted by Gasteiger charge is -2.25. The van der Waals surface area contributed by atoms with Gasteiger partial charge in [-0.1, -0.05) is 97.1 Å². The van der Waals surface area contributed by atoms with Gasteiger partial charge in [0, 0.05) is 33.2 Å². The molecule has 3 heterocycles. The van der Waals surface area contributed by atoms with Gasteiger partial charge in [-0.05, 0) is 83.9 Å². The summed E-state index contributed by atoms with van der Waals surface area (Å²) in [6, 6.07) is 58.9. The van der Waals surface area contributed by atoms with Crippen molar-refractivity contribution in [2.45, 2.75) is 0 Å². The van der Waals surface area contributed by atoms with Crippen molar-refractivity contribution < 1.29 is 4.42 Å². The van der Waals surface area contributed by atoms with Gasteiger partial charge < -0.3 is 9.32 Å².